The van der Waals surface area contributed by atoms with Crippen molar-refractivity contribution in [3.05, 3.63) is 59.9 Å². The van der Waals surface area contributed by atoms with Gasteiger partial charge in [-0.15, -0.1) is 0 Å². The van der Waals surface area contributed by atoms with Gasteiger partial charge >= 0.3 is 0 Å². The summed E-state index contributed by atoms with van der Waals surface area (Å²) in [5.74, 6) is 1.68. The molecule has 2 N–H and O–H groups in total. The first kappa shape index (κ1) is 25.9. The zero-order valence-electron chi connectivity index (χ0n) is 21.1. The summed E-state index contributed by atoms with van der Waals surface area (Å²) >= 11 is 0. The van der Waals surface area contributed by atoms with Gasteiger partial charge in [-0.2, -0.15) is 0 Å². The number of ether oxygens (including phenoxy) is 2. The van der Waals surface area contributed by atoms with Gasteiger partial charge in [0.15, 0.2) is 11.8 Å². The first-order valence-electron chi connectivity index (χ1n) is 13.2. The lowest BCUT2D eigenvalue weighted by Crippen LogP contribution is -2.22. The van der Waals surface area contributed by atoms with Crippen molar-refractivity contribution in [3.63, 3.8) is 0 Å². The van der Waals surface area contributed by atoms with Crippen molar-refractivity contribution in [2.24, 2.45) is 0 Å². The van der Waals surface area contributed by atoms with E-state index in [1.807, 2.05) is 24.5 Å². The molecule has 34 heavy (non-hydrogen) atoms. The predicted octanol–water partition coefficient (Wildman–Crippen LogP) is 6.11. The summed E-state index contributed by atoms with van der Waals surface area (Å²) in [6.07, 6.45) is 24.3. The van der Waals surface area contributed by atoms with Gasteiger partial charge in [0, 0.05) is 13.1 Å². The van der Waals surface area contributed by atoms with E-state index in [1.54, 1.807) is 0 Å². The first-order chi connectivity index (χ1) is 16.8. The van der Waals surface area contributed by atoms with Crippen LogP contribution in [0.2, 0.25) is 0 Å². The fraction of sp³-hybridized carbons (Fsp3) is 0.571. The zero-order valence-corrected chi connectivity index (χ0v) is 21.1. The van der Waals surface area contributed by atoms with Crippen LogP contribution in [0.3, 0.4) is 0 Å². The molecule has 0 spiro atoms. The average molecular weight is 467 g/mol. The maximum absolute atomic E-state index is 5.84. The highest BCUT2D eigenvalue weighted by molar-refractivity contribution is 5.69. The lowest BCUT2D eigenvalue weighted by molar-refractivity contribution is 0.186. The molecule has 0 bridgehead atoms. The molecule has 0 radical (unpaired) electrons. The average Bonchev–Trinajstić information content (AvgIpc) is 2.89. The van der Waals surface area contributed by atoms with Gasteiger partial charge in [-0.05, 0) is 48.3 Å². The Balaban J connectivity index is 1.43. The lowest BCUT2D eigenvalue weighted by atomic mass is 10.1. The van der Waals surface area contributed by atoms with Gasteiger partial charge in [-0.3, -0.25) is 9.97 Å². The molecule has 1 aromatic rings. The normalized spacial score (nSPS) is 15.4. The summed E-state index contributed by atoms with van der Waals surface area (Å²) < 4.78 is 11.7. The van der Waals surface area contributed by atoms with Gasteiger partial charge in [0.25, 0.3) is 0 Å². The third-order valence-electron chi connectivity index (χ3n) is 6.10. The molecule has 6 heteroatoms. The van der Waals surface area contributed by atoms with Gasteiger partial charge in [-0.1, -0.05) is 65.2 Å². The van der Waals surface area contributed by atoms with Crippen LogP contribution in [-0.4, -0.2) is 36.3 Å². The molecule has 1 aromatic heterocycles. The van der Waals surface area contributed by atoms with E-state index in [9.17, 15) is 0 Å². The van der Waals surface area contributed by atoms with Crippen LogP contribution >= 0.6 is 0 Å². The minimum absolute atomic E-state index is 0.696. The Morgan fingerprint density at radius 1 is 0.618 bits per heavy atom. The molecule has 3 heterocycles. The van der Waals surface area contributed by atoms with Crippen LogP contribution in [0.1, 0.15) is 89.4 Å². The van der Waals surface area contributed by atoms with Crippen molar-refractivity contribution in [1.29, 1.82) is 0 Å². The fourth-order valence-corrected chi connectivity index (χ4v) is 3.94. The van der Waals surface area contributed by atoms with Crippen LogP contribution in [0.25, 0.3) is 11.1 Å². The molecule has 0 amide bonds. The van der Waals surface area contributed by atoms with Crippen molar-refractivity contribution >= 4 is 11.1 Å². The molecule has 0 fully saturated rings. The first-order valence-corrected chi connectivity index (χ1v) is 13.2. The van der Waals surface area contributed by atoms with E-state index < -0.39 is 0 Å². The maximum Gasteiger partial charge on any atom is 0.186 e. The highest BCUT2D eigenvalue weighted by Crippen LogP contribution is 2.19. The Bertz CT molecular complexity index is 785. The molecule has 0 aliphatic carbocycles. The highest BCUT2D eigenvalue weighted by Gasteiger charge is 2.13. The van der Waals surface area contributed by atoms with Crippen LogP contribution in [0.15, 0.2) is 48.5 Å². The van der Waals surface area contributed by atoms with Gasteiger partial charge in [0.2, 0.25) is 0 Å². The number of rotatable bonds is 16. The third kappa shape index (κ3) is 8.88. The molecule has 0 saturated heterocycles. The standard InChI is InChI=1S/C28H42N4O2/c1-3-5-7-9-11-17-33-27-15-13-23(19-31-27)25-21-30-26(22-29-25)24-14-16-28(32-20-24)34-18-12-10-8-6-4-2/h13-16,21-22,31-32H,3-12,17-20H2,1-2H3. The van der Waals surface area contributed by atoms with Crippen molar-refractivity contribution in [1.82, 2.24) is 20.6 Å². The topological polar surface area (TPSA) is 68.3 Å². The molecule has 186 valence electrons. The Hall–Kier alpha value is -2.76. The van der Waals surface area contributed by atoms with E-state index >= 15 is 0 Å². The predicted molar refractivity (Wildman–Crippen MR) is 140 cm³/mol. The molecular formula is C28H42N4O2. The van der Waals surface area contributed by atoms with Gasteiger partial charge in [0.1, 0.15) is 0 Å². The Morgan fingerprint density at radius 2 is 1.06 bits per heavy atom. The number of hydrogen-bond donors (Lipinski definition) is 2. The summed E-state index contributed by atoms with van der Waals surface area (Å²) in [6, 6.07) is 0. The van der Waals surface area contributed by atoms with Crippen molar-refractivity contribution in [2.75, 3.05) is 26.3 Å². The highest BCUT2D eigenvalue weighted by atomic mass is 16.5. The van der Waals surface area contributed by atoms with E-state index in [0.717, 1.165) is 60.4 Å². The largest absolute Gasteiger partial charge is 0.479 e. The molecule has 2 aliphatic rings. The van der Waals surface area contributed by atoms with Gasteiger partial charge in [-0.25, -0.2) is 0 Å². The number of nitrogens with one attached hydrogen (secondary N) is 2. The van der Waals surface area contributed by atoms with E-state index in [4.69, 9.17) is 9.47 Å². The number of hydrogen-bond acceptors (Lipinski definition) is 6. The molecule has 6 nitrogen and oxygen atoms in total. The summed E-state index contributed by atoms with van der Waals surface area (Å²) in [7, 11) is 0. The molecule has 0 aromatic carbocycles. The van der Waals surface area contributed by atoms with E-state index in [2.05, 4.69) is 46.6 Å². The van der Waals surface area contributed by atoms with Crippen LogP contribution in [0, 0.1) is 0 Å². The van der Waals surface area contributed by atoms with Crippen LogP contribution in [-0.2, 0) is 9.47 Å². The second-order valence-electron chi connectivity index (χ2n) is 8.96. The molecule has 2 aliphatic heterocycles. The smallest absolute Gasteiger partial charge is 0.186 e. The second kappa shape index (κ2) is 15.2. The Labute approximate surface area is 205 Å². The third-order valence-corrected chi connectivity index (χ3v) is 6.10. The zero-order chi connectivity index (χ0) is 23.8. The van der Waals surface area contributed by atoms with Gasteiger partial charge in [0.05, 0.1) is 37.0 Å². The number of unbranched alkanes of at least 4 members (excludes halogenated alkanes) is 8. The molecule has 3 rings (SSSR count). The number of dihydropyridines is 2. The summed E-state index contributed by atoms with van der Waals surface area (Å²) in [4.78, 5) is 9.30. The molecule has 0 saturated carbocycles. The number of aromatic nitrogens is 2. The SMILES string of the molecule is CCCCCCCOC1=CC=C(c2cnc(C3=CC=C(OCCCCCCC)NC3)cn2)CN1. The van der Waals surface area contributed by atoms with Crippen molar-refractivity contribution in [3.8, 4) is 0 Å². The lowest BCUT2D eigenvalue weighted by Gasteiger charge is -2.19. The fourth-order valence-electron chi connectivity index (χ4n) is 3.94. The van der Waals surface area contributed by atoms with E-state index in [1.165, 1.54) is 51.4 Å². The van der Waals surface area contributed by atoms with Crippen LogP contribution in [0.5, 0.6) is 0 Å². The van der Waals surface area contributed by atoms with Gasteiger partial charge < -0.3 is 20.1 Å². The van der Waals surface area contributed by atoms with Crippen LogP contribution < -0.4 is 10.6 Å². The van der Waals surface area contributed by atoms with E-state index in [0.29, 0.717) is 13.1 Å². The second-order valence-corrected chi connectivity index (χ2v) is 8.96. The quantitative estimate of drug-likeness (QED) is 0.287. The molecule has 0 atom stereocenters. The summed E-state index contributed by atoms with van der Waals surface area (Å²) in [5.41, 5.74) is 4.00. The number of allylic oxidation sites excluding steroid dienone is 4. The molecule has 0 unspecified atom stereocenters. The monoisotopic (exact) mass is 466 g/mol. The Morgan fingerprint density at radius 3 is 1.41 bits per heavy atom. The summed E-state index contributed by atoms with van der Waals surface area (Å²) in [5, 5.41) is 6.69. The molecular weight excluding hydrogens is 424 g/mol. The minimum Gasteiger partial charge on any atom is -0.479 e. The maximum atomic E-state index is 5.84. The van der Waals surface area contributed by atoms with Crippen LogP contribution in [0.4, 0.5) is 0 Å². The van der Waals surface area contributed by atoms with Crippen molar-refractivity contribution in [2.45, 2.75) is 78.1 Å². The summed E-state index contributed by atoms with van der Waals surface area (Å²) in [6.45, 7) is 7.40. The minimum atomic E-state index is 0.696. The Kier molecular flexibility index (Phi) is 11.6. The van der Waals surface area contributed by atoms with E-state index in [-0.39, 0.29) is 0 Å². The number of nitrogens with zero attached hydrogens (tertiary/aromatic N) is 2. The van der Waals surface area contributed by atoms with Crippen molar-refractivity contribution < 1.29 is 9.47 Å².